The number of nitrogens with zero attached hydrogens (tertiary/aromatic N) is 4. The highest BCUT2D eigenvalue weighted by molar-refractivity contribution is 6.20. The first-order chi connectivity index (χ1) is 34.7. The first-order valence-corrected chi connectivity index (χ1v) is 24.1. The van der Waals surface area contributed by atoms with Gasteiger partial charge in [-0.25, -0.2) is 9.97 Å². The minimum Gasteiger partial charge on any atom is -0.309 e. The molecule has 15 aromatic rings. The minimum absolute atomic E-state index is 0.879. The second kappa shape index (κ2) is 14.1. The first-order valence-electron chi connectivity index (χ1n) is 24.1. The predicted molar refractivity (Wildman–Crippen MR) is 294 cm³/mol. The van der Waals surface area contributed by atoms with Gasteiger partial charge in [0.1, 0.15) is 0 Å². The number of aromatic nitrogens is 4. The average molecular weight is 887 g/mol. The maximum Gasteiger partial charge on any atom is 0.0979 e. The van der Waals surface area contributed by atoms with E-state index in [-0.39, 0.29) is 0 Å². The van der Waals surface area contributed by atoms with Crippen molar-refractivity contribution in [2.75, 3.05) is 0 Å². The number of hydrogen-bond acceptors (Lipinski definition) is 2. The summed E-state index contributed by atoms with van der Waals surface area (Å²) in [5.41, 5.74) is 17.8. The van der Waals surface area contributed by atoms with Crippen molar-refractivity contribution < 1.29 is 0 Å². The van der Waals surface area contributed by atoms with Gasteiger partial charge in [0, 0.05) is 44.0 Å². The van der Waals surface area contributed by atoms with Crippen LogP contribution in [0.5, 0.6) is 0 Å². The van der Waals surface area contributed by atoms with E-state index in [0.717, 1.165) is 55.7 Å². The molecule has 3 aromatic heterocycles. The van der Waals surface area contributed by atoms with Crippen molar-refractivity contribution in [3.63, 3.8) is 0 Å². The topological polar surface area (TPSA) is 35.6 Å². The highest BCUT2D eigenvalue weighted by Crippen LogP contribution is 2.50. The quantitative estimate of drug-likeness (QED) is 0.176. The van der Waals surface area contributed by atoms with Gasteiger partial charge < -0.3 is 9.13 Å². The van der Waals surface area contributed by atoms with Gasteiger partial charge in [0.15, 0.2) is 0 Å². The standard InChI is InChI=1S/C66H38N4/c1-2-13-40-37-62-56(35-39(40)12-1)50-16-5-10-23-61(50)70(62)47-29-27-43-36-57-51-17-6-9-22-60(51)69(63(57)38-45(43)34-47)46-28-26-41-32-44(25-24-42(41)33-46)65-66(68-59-21-8-7-20-58(59)67-65)55-31-30-54-49-15-4-3-14-48(49)52-18-11-19-53(55)64(52)54/h1-38H. The van der Waals surface area contributed by atoms with Crippen LogP contribution in [0.4, 0.5) is 0 Å². The lowest BCUT2D eigenvalue weighted by atomic mass is 9.94. The molecule has 12 aromatic carbocycles. The lowest BCUT2D eigenvalue weighted by Gasteiger charge is -2.15. The Hall–Kier alpha value is -9.38. The fourth-order valence-corrected chi connectivity index (χ4v) is 12.0. The van der Waals surface area contributed by atoms with E-state index in [4.69, 9.17) is 9.97 Å². The van der Waals surface area contributed by atoms with Crippen molar-refractivity contribution in [1.82, 2.24) is 19.1 Å². The molecule has 0 amide bonds. The summed E-state index contributed by atoms with van der Waals surface area (Å²) in [5, 5.41) is 14.7. The Bertz CT molecular complexity index is 4750. The Morgan fingerprint density at radius 3 is 1.43 bits per heavy atom. The fourth-order valence-electron chi connectivity index (χ4n) is 12.0. The van der Waals surface area contributed by atoms with Gasteiger partial charge in [-0.2, -0.15) is 0 Å². The third-order valence-corrected chi connectivity index (χ3v) is 15.1. The smallest absolute Gasteiger partial charge is 0.0979 e. The van der Waals surface area contributed by atoms with E-state index in [2.05, 4.69) is 228 Å². The average Bonchev–Trinajstić information content (AvgIpc) is 4.04. The zero-order valence-electron chi connectivity index (χ0n) is 37.7. The molecule has 4 heteroatoms. The van der Waals surface area contributed by atoms with Gasteiger partial charge in [-0.3, -0.25) is 0 Å². The molecule has 1 aliphatic carbocycles. The van der Waals surface area contributed by atoms with Gasteiger partial charge in [0.05, 0.1) is 44.5 Å². The highest BCUT2D eigenvalue weighted by atomic mass is 15.0. The van der Waals surface area contributed by atoms with E-state index < -0.39 is 0 Å². The summed E-state index contributed by atoms with van der Waals surface area (Å²) in [4.78, 5) is 10.8. The summed E-state index contributed by atoms with van der Waals surface area (Å²) in [6.45, 7) is 0. The third kappa shape index (κ3) is 5.30. The van der Waals surface area contributed by atoms with Gasteiger partial charge in [-0.1, -0.05) is 152 Å². The lowest BCUT2D eigenvalue weighted by Crippen LogP contribution is -1.97. The zero-order chi connectivity index (χ0) is 45.6. The van der Waals surface area contributed by atoms with E-state index in [0.29, 0.717) is 0 Å². The molecule has 0 saturated heterocycles. The van der Waals surface area contributed by atoms with Gasteiger partial charge in [0.2, 0.25) is 0 Å². The molecular formula is C66H38N4. The van der Waals surface area contributed by atoms with E-state index in [1.54, 1.807) is 0 Å². The fraction of sp³-hybridized carbons (Fsp3) is 0. The zero-order valence-corrected chi connectivity index (χ0v) is 37.7. The van der Waals surface area contributed by atoms with E-state index >= 15 is 0 Å². The van der Waals surface area contributed by atoms with Gasteiger partial charge >= 0.3 is 0 Å². The molecule has 0 unspecified atom stereocenters. The maximum atomic E-state index is 5.40. The molecule has 3 heterocycles. The van der Waals surface area contributed by atoms with Crippen LogP contribution in [0, 0.1) is 0 Å². The molecule has 0 bridgehead atoms. The first kappa shape index (κ1) is 37.7. The van der Waals surface area contributed by atoms with Crippen LogP contribution in [0.2, 0.25) is 0 Å². The monoisotopic (exact) mass is 886 g/mol. The normalized spacial score (nSPS) is 12.3. The molecule has 16 rings (SSSR count). The molecule has 0 saturated carbocycles. The van der Waals surface area contributed by atoms with Gasteiger partial charge in [-0.15, -0.1) is 0 Å². The molecular weight excluding hydrogens is 849 g/mol. The third-order valence-electron chi connectivity index (χ3n) is 15.1. The number of rotatable bonds is 4. The summed E-state index contributed by atoms with van der Waals surface area (Å²) in [7, 11) is 0. The molecule has 322 valence electrons. The molecule has 0 atom stereocenters. The summed E-state index contributed by atoms with van der Waals surface area (Å²) in [5.74, 6) is 0. The Morgan fingerprint density at radius 1 is 0.257 bits per heavy atom. The van der Waals surface area contributed by atoms with Crippen LogP contribution in [-0.2, 0) is 0 Å². The lowest BCUT2D eigenvalue weighted by molar-refractivity contribution is 1.18. The van der Waals surface area contributed by atoms with Crippen molar-refractivity contribution >= 4 is 97.7 Å². The highest BCUT2D eigenvalue weighted by Gasteiger charge is 2.25. The molecule has 0 fully saturated rings. The minimum atomic E-state index is 0.879. The molecule has 1 aliphatic rings. The van der Waals surface area contributed by atoms with E-state index in [9.17, 15) is 0 Å². The number of para-hydroxylation sites is 4. The Labute approximate surface area is 401 Å². The Kier molecular flexibility index (Phi) is 7.58. The largest absolute Gasteiger partial charge is 0.309 e. The van der Waals surface area contributed by atoms with E-state index in [1.807, 2.05) is 12.1 Å². The molecule has 0 aliphatic heterocycles. The second-order valence-corrected chi connectivity index (χ2v) is 18.9. The molecule has 0 radical (unpaired) electrons. The van der Waals surface area contributed by atoms with Crippen LogP contribution in [0.3, 0.4) is 0 Å². The molecule has 0 spiro atoms. The van der Waals surface area contributed by atoms with Gasteiger partial charge in [0.25, 0.3) is 0 Å². The number of hydrogen-bond donors (Lipinski definition) is 0. The second-order valence-electron chi connectivity index (χ2n) is 18.9. The van der Waals surface area contributed by atoms with Crippen molar-refractivity contribution in [3.05, 3.63) is 231 Å². The maximum absolute atomic E-state index is 5.40. The molecule has 4 nitrogen and oxygen atoms in total. The van der Waals surface area contributed by atoms with Crippen LogP contribution in [0.15, 0.2) is 231 Å². The van der Waals surface area contributed by atoms with Crippen LogP contribution < -0.4 is 0 Å². The van der Waals surface area contributed by atoms with Gasteiger partial charge in [-0.05, 0) is 144 Å². The summed E-state index contributed by atoms with van der Waals surface area (Å²) in [6, 6.07) is 84.5. The van der Waals surface area contributed by atoms with Crippen molar-refractivity contribution in [2.24, 2.45) is 0 Å². The van der Waals surface area contributed by atoms with Crippen LogP contribution >= 0.6 is 0 Å². The van der Waals surface area contributed by atoms with Crippen molar-refractivity contribution in [1.29, 1.82) is 0 Å². The summed E-state index contributed by atoms with van der Waals surface area (Å²) >= 11 is 0. The summed E-state index contributed by atoms with van der Waals surface area (Å²) in [6.07, 6.45) is 0. The van der Waals surface area contributed by atoms with Crippen LogP contribution in [0.1, 0.15) is 0 Å². The molecule has 70 heavy (non-hydrogen) atoms. The van der Waals surface area contributed by atoms with Crippen molar-refractivity contribution in [3.8, 4) is 56.1 Å². The number of benzene rings is 12. The molecule has 0 N–H and O–H groups in total. The van der Waals surface area contributed by atoms with Crippen molar-refractivity contribution in [2.45, 2.75) is 0 Å². The Balaban J connectivity index is 0.847. The predicted octanol–water partition coefficient (Wildman–Crippen LogP) is 17.4. The Morgan fingerprint density at radius 2 is 0.729 bits per heavy atom. The van der Waals surface area contributed by atoms with Crippen LogP contribution in [-0.4, -0.2) is 19.1 Å². The SMILES string of the molecule is c1ccc2c(c1)-c1cccc3c(-c4nc5ccccc5nc4-c4ccc5cc(-n6c7ccccc7c7cc8ccc(-n9c%10ccccc%10c%10cc%11ccccc%11cc%109)cc8cc76)ccc5c4)ccc-2c13. The summed E-state index contributed by atoms with van der Waals surface area (Å²) < 4.78 is 4.88. The van der Waals surface area contributed by atoms with E-state index in [1.165, 1.54) is 98.2 Å². The number of fused-ring (bicyclic) bond motifs is 13. The van der Waals surface area contributed by atoms with Crippen LogP contribution in [0.25, 0.3) is 154 Å².